The van der Waals surface area contributed by atoms with E-state index in [1.54, 1.807) is 0 Å². The van der Waals surface area contributed by atoms with Crippen molar-refractivity contribution >= 4 is 0 Å². The number of nitrogens with one attached hydrogen (secondary N) is 1. The van der Waals surface area contributed by atoms with E-state index in [4.69, 9.17) is 5.10 Å². The summed E-state index contributed by atoms with van der Waals surface area (Å²) in [7, 11) is 2.10. The Morgan fingerprint density at radius 1 is 1.35 bits per heavy atom. The Labute approximate surface area is 124 Å². The molecule has 1 saturated carbocycles. The third-order valence-electron chi connectivity index (χ3n) is 5.52. The summed E-state index contributed by atoms with van der Waals surface area (Å²) < 4.78 is 2.14. The summed E-state index contributed by atoms with van der Waals surface area (Å²) >= 11 is 0. The number of aryl methyl sites for hydroxylation is 1. The molecule has 0 spiro atoms. The quantitative estimate of drug-likeness (QED) is 0.906. The van der Waals surface area contributed by atoms with E-state index in [-0.39, 0.29) is 5.54 Å². The van der Waals surface area contributed by atoms with E-state index < -0.39 is 0 Å². The lowest BCUT2D eigenvalue weighted by Gasteiger charge is -2.56. The number of hydrogen-bond acceptors (Lipinski definition) is 2. The van der Waals surface area contributed by atoms with Crippen molar-refractivity contribution in [1.29, 1.82) is 0 Å². The van der Waals surface area contributed by atoms with Gasteiger partial charge in [0.05, 0.1) is 11.2 Å². The van der Waals surface area contributed by atoms with Crippen LogP contribution in [0.25, 0.3) is 0 Å². The van der Waals surface area contributed by atoms with Gasteiger partial charge in [-0.05, 0) is 70.9 Å². The highest BCUT2D eigenvalue weighted by molar-refractivity contribution is 5.30. The van der Waals surface area contributed by atoms with Crippen LogP contribution in [0, 0.1) is 12.3 Å². The van der Waals surface area contributed by atoms with E-state index in [1.165, 1.54) is 30.5 Å². The summed E-state index contributed by atoms with van der Waals surface area (Å²) in [5.74, 6) is 0.658. The summed E-state index contributed by atoms with van der Waals surface area (Å²) in [6, 6.07) is 0.653. The Morgan fingerprint density at radius 3 is 2.35 bits per heavy atom. The van der Waals surface area contributed by atoms with Crippen molar-refractivity contribution in [2.45, 2.75) is 78.3 Å². The van der Waals surface area contributed by atoms with Crippen LogP contribution in [0.4, 0.5) is 0 Å². The first-order chi connectivity index (χ1) is 9.30. The van der Waals surface area contributed by atoms with Crippen molar-refractivity contribution in [2.24, 2.45) is 5.41 Å². The Kier molecular flexibility index (Phi) is 4.03. The SMILES string of the molecule is CCC1(CC)C(NC)CC1c1cn(C(C)(C)C)nc1C. The van der Waals surface area contributed by atoms with E-state index in [2.05, 4.69) is 64.8 Å². The van der Waals surface area contributed by atoms with Gasteiger partial charge in [-0.15, -0.1) is 0 Å². The summed E-state index contributed by atoms with van der Waals surface area (Å²) in [4.78, 5) is 0. The van der Waals surface area contributed by atoms with Gasteiger partial charge in [0.2, 0.25) is 0 Å². The molecule has 0 radical (unpaired) electrons. The maximum Gasteiger partial charge on any atom is 0.0628 e. The highest BCUT2D eigenvalue weighted by atomic mass is 15.3. The number of nitrogens with zero attached hydrogens (tertiary/aromatic N) is 2. The molecular weight excluding hydrogens is 246 g/mol. The summed E-state index contributed by atoms with van der Waals surface area (Å²) in [6.45, 7) is 13.5. The van der Waals surface area contributed by atoms with Gasteiger partial charge in [0.15, 0.2) is 0 Å². The van der Waals surface area contributed by atoms with E-state index >= 15 is 0 Å². The molecule has 1 aromatic heterocycles. The first kappa shape index (κ1) is 15.6. The van der Waals surface area contributed by atoms with Crippen LogP contribution >= 0.6 is 0 Å². The lowest BCUT2D eigenvalue weighted by Crippen LogP contribution is -2.57. The second-order valence-electron chi connectivity index (χ2n) is 7.36. The van der Waals surface area contributed by atoms with E-state index in [9.17, 15) is 0 Å². The molecule has 1 aliphatic carbocycles. The van der Waals surface area contributed by atoms with E-state index in [0.29, 0.717) is 17.4 Å². The second-order valence-corrected chi connectivity index (χ2v) is 7.36. The van der Waals surface area contributed by atoms with E-state index in [0.717, 1.165) is 0 Å². The molecule has 3 nitrogen and oxygen atoms in total. The molecule has 1 N–H and O–H groups in total. The largest absolute Gasteiger partial charge is 0.316 e. The molecule has 0 bridgehead atoms. The topological polar surface area (TPSA) is 29.9 Å². The highest BCUT2D eigenvalue weighted by Gasteiger charge is 2.53. The van der Waals surface area contributed by atoms with Crippen LogP contribution in [0.1, 0.15) is 71.1 Å². The van der Waals surface area contributed by atoms with Crippen LogP contribution in [-0.2, 0) is 5.54 Å². The average Bonchev–Trinajstić information content (AvgIpc) is 2.73. The molecular formula is C17H31N3. The lowest BCUT2D eigenvalue weighted by atomic mass is 9.52. The van der Waals surface area contributed by atoms with Crippen molar-refractivity contribution in [3.63, 3.8) is 0 Å². The first-order valence-corrected chi connectivity index (χ1v) is 8.04. The second kappa shape index (κ2) is 5.18. The standard InChI is InChI=1S/C17H31N3/c1-8-17(9-2)14(10-15(17)18-7)13-11-20(16(4,5)6)19-12(13)3/h11,14-15,18H,8-10H2,1-7H3. The molecule has 20 heavy (non-hydrogen) atoms. The average molecular weight is 277 g/mol. The summed E-state index contributed by atoms with van der Waals surface area (Å²) in [5, 5.41) is 8.29. The fourth-order valence-electron chi connectivity index (χ4n) is 4.02. The van der Waals surface area contributed by atoms with Crippen LogP contribution < -0.4 is 5.32 Å². The molecule has 3 heteroatoms. The Balaban J connectivity index is 2.35. The molecule has 0 saturated heterocycles. The number of hydrogen-bond donors (Lipinski definition) is 1. The minimum absolute atomic E-state index is 0.0657. The number of rotatable bonds is 4. The summed E-state index contributed by atoms with van der Waals surface area (Å²) in [6.07, 6.45) is 6.01. The molecule has 0 amide bonds. The van der Waals surface area contributed by atoms with Crippen LogP contribution in [0.2, 0.25) is 0 Å². The maximum absolute atomic E-state index is 4.77. The van der Waals surface area contributed by atoms with Crippen LogP contribution in [0.5, 0.6) is 0 Å². The monoisotopic (exact) mass is 277 g/mol. The molecule has 2 atom stereocenters. The van der Waals surface area contributed by atoms with Gasteiger partial charge in [0.1, 0.15) is 0 Å². The van der Waals surface area contributed by atoms with Gasteiger partial charge >= 0.3 is 0 Å². The highest BCUT2D eigenvalue weighted by Crippen LogP contribution is 2.57. The van der Waals surface area contributed by atoms with Crippen LogP contribution in [0.3, 0.4) is 0 Å². The predicted molar refractivity (Wildman–Crippen MR) is 85.2 cm³/mol. The third-order valence-corrected chi connectivity index (χ3v) is 5.52. The Bertz CT molecular complexity index is 463. The Morgan fingerprint density at radius 2 is 1.95 bits per heavy atom. The van der Waals surface area contributed by atoms with Crippen molar-refractivity contribution in [3.8, 4) is 0 Å². The molecule has 1 aliphatic rings. The van der Waals surface area contributed by atoms with Gasteiger partial charge in [0.25, 0.3) is 0 Å². The van der Waals surface area contributed by atoms with Crippen molar-refractivity contribution < 1.29 is 0 Å². The molecule has 1 fully saturated rings. The molecule has 2 unspecified atom stereocenters. The lowest BCUT2D eigenvalue weighted by molar-refractivity contribution is 0.0241. The van der Waals surface area contributed by atoms with Crippen LogP contribution in [0.15, 0.2) is 6.20 Å². The van der Waals surface area contributed by atoms with Gasteiger partial charge in [-0.3, -0.25) is 4.68 Å². The molecule has 1 heterocycles. The van der Waals surface area contributed by atoms with Gasteiger partial charge in [-0.2, -0.15) is 5.10 Å². The smallest absolute Gasteiger partial charge is 0.0628 e. The molecule has 0 aliphatic heterocycles. The summed E-state index contributed by atoms with van der Waals surface area (Å²) in [5.41, 5.74) is 3.16. The fourth-order valence-corrected chi connectivity index (χ4v) is 4.02. The van der Waals surface area contributed by atoms with Gasteiger partial charge in [-0.25, -0.2) is 0 Å². The minimum atomic E-state index is 0.0657. The van der Waals surface area contributed by atoms with Gasteiger partial charge in [0, 0.05) is 12.2 Å². The van der Waals surface area contributed by atoms with Crippen LogP contribution in [-0.4, -0.2) is 22.9 Å². The maximum atomic E-state index is 4.77. The zero-order chi connectivity index (χ0) is 15.1. The molecule has 0 aromatic carbocycles. The van der Waals surface area contributed by atoms with Gasteiger partial charge in [-0.1, -0.05) is 13.8 Å². The first-order valence-electron chi connectivity index (χ1n) is 8.04. The zero-order valence-corrected chi connectivity index (χ0v) is 14.2. The fraction of sp³-hybridized carbons (Fsp3) is 0.824. The zero-order valence-electron chi connectivity index (χ0n) is 14.2. The molecule has 2 rings (SSSR count). The van der Waals surface area contributed by atoms with Crippen molar-refractivity contribution in [3.05, 3.63) is 17.5 Å². The number of aromatic nitrogens is 2. The predicted octanol–water partition coefficient (Wildman–Crippen LogP) is 3.83. The Hall–Kier alpha value is -0.830. The molecule has 1 aromatic rings. The minimum Gasteiger partial charge on any atom is -0.316 e. The normalized spacial score (nSPS) is 25.6. The van der Waals surface area contributed by atoms with Crippen molar-refractivity contribution in [2.75, 3.05) is 7.05 Å². The molecule has 114 valence electrons. The third kappa shape index (κ3) is 2.20. The van der Waals surface area contributed by atoms with Gasteiger partial charge < -0.3 is 5.32 Å². The van der Waals surface area contributed by atoms with E-state index in [1.807, 2.05) is 0 Å². The van der Waals surface area contributed by atoms with Crippen molar-refractivity contribution in [1.82, 2.24) is 15.1 Å².